The molecule has 0 spiro atoms. The van der Waals surface area contributed by atoms with Crippen molar-refractivity contribution in [2.75, 3.05) is 0 Å². The molecular formula is C21H23BrN2O6. The van der Waals surface area contributed by atoms with Crippen molar-refractivity contribution in [3.8, 4) is 0 Å². The maximum Gasteiger partial charge on any atom is 0.325 e. The van der Waals surface area contributed by atoms with Gasteiger partial charge in [-0.15, -0.1) is 0 Å². The van der Waals surface area contributed by atoms with Crippen molar-refractivity contribution in [3.05, 3.63) is 34.3 Å². The topological polar surface area (TPSA) is 124 Å². The summed E-state index contributed by atoms with van der Waals surface area (Å²) in [7, 11) is 0. The number of halogens is 1. The van der Waals surface area contributed by atoms with E-state index in [0.29, 0.717) is 18.4 Å². The molecule has 8 nitrogen and oxygen atoms in total. The molecule has 3 N–H and O–H groups in total. The number of carbonyl (C=O) groups excluding carboxylic acids is 2. The lowest BCUT2D eigenvalue weighted by atomic mass is 9.77. The summed E-state index contributed by atoms with van der Waals surface area (Å²) in [6.07, 6.45) is 3.47. The SMILES string of the molecule is O=C(O)CC1(C(=O)O)NC(c2ccc(Br)cc2)C2C(=O)N(C3CCCCC3)C(=O)C21. The summed E-state index contributed by atoms with van der Waals surface area (Å²) in [5, 5.41) is 22.4. The molecule has 1 aromatic rings. The van der Waals surface area contributed by atoms with Crippen LogP contribution in [0.25, 0.3) is 0 Å². The second-order valence-corrected chi connectivity index (χ2v) is 9.28. The Labute approximate surface area is 181 Å². The van der Waals surface area contributed by atoms with Crippen LogP contribution in [0.1, 0.15) is 50.1 Å². The highest BCUT2D eigenvalue weighted by Crippen LogP contribution is 2.51. The van der Waals surface area contributed by atoms with Gasteiger partial charge in [-0.1, -0.05) is 47.3 Å². The van der Waals surface area contributed by atoms with Crippen molar-refractivity contribution in [3.63, 3.8) is 0 Å². The molecule has 2 heterocycles. The summed E-state index contributed by atoms with van der Waals surface area (Å²) < 4.78 is 0.813. The van der Waals surface area contributed by atoms with Crippen molar-refractivity contribution in [1.82, 2.24) is 10.2 Å². The predicted octanol–water partition coefficient (Wildman–Crippen LogP) is 2.33. The van der Waals surface area contributed by atoms with E-state index < -0.39 is 53.6 Å². The van der Waals surface area contributed by atoms with Crippen LogP contribution in [0.5, 0.6) is 0 Å². The molecule has 3 aliphatic rings. The van der Waals surface area contributed by atoms with Gasteiger partial charge in [0.1, 0.15) is 5.54 Å². The van der Waals surface area contributed by atoms with Gasteiger partial charge in [0, 0.05) is 16.6 Å². The number of nitrogens with zero attached hydrogens (tertiary/aromatic N) is 1. The van der Waals surface area contributed by atoms with E-state index in [1.165, 1.54) is 4.90 Å². The zero-order chi connectivity index (χ0) is 21.6. The zero-order valence-corrected chi connectivity index (χ0v) is 17.8. The van der Waals surface area contributed by atoms with E-state index in [-0.39, 0.29) is 6.04 Å². The van der Waals surface area contributed by atoms with E-state index in [4.69, 9.17) is 0 Å². The summed E-state index contributed by atoms with van der Waals surface area (Å²) in [6, 6.07) is 6.03. The van der Waals surface area contributed by atoms with Crippen molar-refractivity contribution in [1.29, 1.82) is 0 Å². The van der Waals surface area contributed by atoms with Gasteiger partial charge in [-0.05, 0) is 30.5 Å². The number of likely N-dealkylation sites (tertiary alicyclic amines) is 1. The molecule has 4 rings (SSSR count). The molecule has 30 heavy (non-hydrogen) atoms. The first-order valence-electron chi connectivity index (χ1n) is 10.1. The van der Waals surface area contributed by atoms with Crippen molar-refractivity contribution < 1.29 is 29.4 Å². The number of carbonyl (C=O) groups is 4. The Hall–Kier alpha value is -2.26. The first-order valence-corrected chi connectivity index (χ1v) is 10.9. The molecule has 3 fully saturated rings. The van der Waals surface area contributed by atoms with Crippen LogP contribution < -0.4 is 5.32 Å². The largest absolute Gasteiger partial charge is 0.481 e. The Bertz CT molecular complexity index is 897. The highest BCUT2D eigenvalue weighted by molar-refractivity contribution is 9.10. The number of amides is 2. The van der Waals surface area contributed by atoms with Crippen LogP contribution in [-0.4, -0.2) is 50.4 Å². The zero-order valence-electron chi connectivity index (χ0n) is 16.2. The van der Waals surface area contributed by atoms with Crippen molar-refractivity contribution in [2.24, 2.45) is 11.8 Å². The molecule has 1 aliphatic carbocycles. The Kier molecular flexibility index (Phi) is 5.44. The van der Waals surface area contributed by atoms with Crippen LogP contribution in [0.2, 0.25) is 0 Å². The number of benzene rings is 1. The summed E-state index contributed by atoms with van der Waals surface area (Å²) in [5.41, 5.74) is -1.39. The van der Waals surface area contributed by atoms with Gasteiger partial charge in [-0.25, -0.2) is 0 Å². The molecule has 1 saturated carbocycles. The first kappa shape index (κ1) is 21.0. The number of carboxylic acids is 2. The standard InChI is InChI=1S/C21H23BrN2O6/c22-12-8-6-11(7-9-12)17-15-16(21(23-17,20(29)30)10-14(25)26)19(28)24(18(15)27)13-4-2-1-3-5-13/h6-9,13,15-17,23H,1-5,10H2,(H,25,26)(H,29,30). The average molecular weight is 479 g/mol. The lowest BCUT2D eigenvalue weighted by Crippen LogP contribution is -2.57. The maximum absolute atomic E-state index is 13.5. The highest BCUT2D eigenvalue weighted by Gasteiger charge is 2.69. The Morgan fingerprint density at radius 2 is 1.70 bits per heavy atom. The fourth-order valence-corrected chi connectivity index (χ4v) is 5.62. The van der Waals surface area contributed by atoms with Gasteiger partial charge in [0.15, 0.2) is 0 Å². The third-order valence-electron chi connectivity index (χ3n) is 6.67. The smallest absolute Gasteiger partial charge is 0.325 e. The number of hydrogen-bond acceptors (Lipinski definition) is 5. The van der Waals surface area contributed by atoms with Gasteiger partial charge in [-0.2, -0.15) is 0 Å². The normalized spacial score (nSPS) is 31.8. The molecule has 0 aromatic heterocycles. The molecule has 160 valence electrons. The molecule has 0 bridgehead atoms. The van der Waals surface area contributed by atoms with E-state index in [1.807, 2.05) is 0 Å². The van der Waals surface area contributed by atoms with E-state index >= 15 is 0 Å². The summed E-state index contributed by atoms with van der Waals surface area (Å²) in [6.45, 7) is 0. The maximum atomic E-state index is 13.5. The lowest BCUT2D eigenvalue weighted by molar-refractivity contribution is -0.156. The summed E-state index contributed by atoms with van der Waals surface area (Å²) in [5.74, 6) is -5.92. The van der Waals surface area contributed by atoms with Gasteiger partial charge in [0.05, 0.1) is 18.3 Å². The second-order valence-electron chi connectivity index (χ2n) is 8.36. The monoisotopic (exact) mass is 478 g/mol. The fraction of sp³-hybridized carbons (Fsp3) is 0.524. The van der Waals surface area contributed by atoms with Crippen LogP contribution in [-0.2, 0) is 19.2 Å². The molecule has 1 aromatic carbocycles. The summed E-state index contributed by atoms with van der Waals surface area (Å²) >= 11 is 3.35. The van der Waals surface area contributed by atoms with Gasteiger partial charge in [0.25, 0.3) is 0 Å². The molecule has 4 atom stereocenters. The number of rotatable bonds is 5. The minimum atomic E-state index is -2.04. The number of fused-ring (bicyclic) bond motifs is 1. The minimum absolute atomic E-state index is 0.244. The molecule has 2 saturated heterocycles. The average Bonchev–Trinajstić information content (AvgIpc) is 3.17. The molecule has 4 unspecified atom stereocenters. The molecule has 2 amide bonds. The minimum Gasteiger partial charge on any atom is -0.481 e. The highest BCUT2D eigenvalue weighted by atomic mass is 79.9. The van der Waals surface area contributed by atoms with Crippen LogP contribution in [0.4, 0.5) is 0 Å². The number of nitrogens with one attached hydrogen (secondary N) is 1. The number of hydrogen-bond donors (Lipinski definition) is 3. The third-order valence-corrected chi connectivity index (χ3v) is 7.20. The van der Waals surface area contributed by atoms with Gasteiger partial charge in [0.2, 0.25) is 11.8 Å². The van der Waals surface area contributed by atoms with Crippen LogP contribution in [0.3, 0.4) is 0 Å². The van der Waals surface area contributed by atoms with Gasteiger partial charge < -0.3 is 10.2 Å². The van der Waals surface area contributed by atoms with Crippen molar-refractivity contribution >= 4 is 39.7 Å². The van der Waals surface area contributed by atoms with Crippen LogP contribution >= 0.6 is 15.9 Å². The molecule has 2 aliphatic heterocycles. The number of imide groups is 1. The van der Waals surface area contributed by atoms with Crippen molar-refractivity contribution in [2.45, 2.75) is 56.1 Å². The number of aliphatic carboxylic acids is 2. The predicted molar refractivity (Wildman–Crippen MR) is 108 cm³/mol. The van der Waals surface area contributed by atoms with E-state index in [2.05, 4.69) is 21.2 Å². The lowest BCUT2D eigenvalue weighted by Gasteiger charge is -2.34. The Morgan fingerprint density at radius 1 is 1.07 bits per heavy atom. The Balaban J connectivity index is 1.80. The third kappa shape index (κ3) is 3.24. The van der Waals surface area contributed by atoms with Gasteiger partial charge >= 0.3 is 11.9 Å². The van der Waals surface area contributed by atoms with Gasteiger partial charge in [-0.3, -0.25) is 29.4 Å². The Morgan fingerprint density at radius 3 is 2.27 bits per heavy atom. The van der Waals surface area contributed by atoms with E-state index in [1.54, 1.807) is 24.3 Å². The summed E-state index contributed by atoms with van der Waals surface area (Å²) in [4.78, 5) is 52.1. The first-order chi connectivity index (χ1) is 14.3. The van der Waals surface area contributed by atoms with Crippen LogP contribution in [0, 0.1) is 11.8 Å². The van der Waals surface area contributed by atoms with E-state index in [9.17, 15) is 29.4 Å². The van der Waals surface area contributed by atoms with Crippen LogP contribution in [0.15, 0.2) is 28.7 Å². The van der Waals surface area contributed by atoms with E-state index in [0.717, 1.165) is 23.7 Å². The fourth-order valence-electron chi connectivity index (χ4n) is 5.35. The number of carboxylic acid groups (broad SMARTS) is 2. The second kappa shape index (κ2) is 7.77. The molecule has 9 heteroatoms. The quantitative estimate of drug-likeness (QED) is 0.554. The molecule has 0 radical (unpaired) electrons. The molecular weight excluding hydrogens is 456 g/mol.